The Morgan fingerprint density at radius 2 is 2.11 bits per heavy atom. The Bertz CT molecular complexity index is 447. The normalized spacial score (nSPS) is 16.7. The zero-order valence-electron chi connectivity index (χ0n) is 9.60. The SMILES string of the molecule is O=C(O)N1CCC(Oc2cccc(Cl)c2F)CC1. The lowest BCUT2D eigenvalue weighted by molar-refractivity contribution is 0.0873. The predicted molar refractivity (Wildman–Crippen MR) is 64.7 cm³/mol. The molecule has 1 amide bonds. The van der Waals surface area contributed by atoms with Crippen LogP contribution in [0.5, 0.6) is 5.75 Å². The molecule has 0 aromatic heterocycles. The molecule has 4 nitrogen and oxygen atoms in total. The van der Waals surface area contributed by atoms with Crippen molar-refractivity contribution in [3.05, 3.63) is 29.0 Å². The van der Waals surface area contributed by atoms with Crippen LogP contribution in [0.2, 0.25) is 5.02 Å². The maximum Gasteiger partial charge on any atom is 0.407 e. The Kier molecular flexibility index (Phi) is 3.91. The lowest BCUT2D eigenvalue weighted by Crippen LogP contribution is -2.41. The molecule has 1 aliphatic rings. The first-order valence-corrected chi connectivity index (χ1v) is 6.04. The average molecular weight is 274 g/mol. The third-order valence-electron chi connectivity index (χ3n) is 2.92. The highest BCUT2D eigenvalue weighted by molar-refractivity contribution is 6.30. The number of nitrogens with zero attached hydrogens (tertiary/aromatic N) is 1. The van der Waals surface area contributed by atoms with Gasteiger partial charge in [0.25, 0.3) is 0 Å². The molecular formula is C12H13ClFNO3. The Morgan fingerprint density at radius 1 is 1.44 bits per heavy atom. The number of halogens is 2. The predicted octanol–water partition coefficient (Wildman–Crippen LogP) is 3.00. The number of hydrogen-bond acceptors (Lipinski definition) is 2. The van der Waals surface area contributed by atoms with E-state index in [4.69, 9.17) is 21.4 Å². The number of hydrogen-bond donors (Lipinski definition) is 1. The zero-order valence-corrected chi connectivity index (χ0v) is 10.4. The minimum Gasteiger partial charge on any atom is -0.487 e. The molecule has 18 heavy (non-hydrogen) atoms. The standard InChI is InChI=1S/C12H13ClFNO3/c13-9-2-1-3-10(11(9)14)18-8-4-6-15(7-5-8)12(16)17/h1-3,8H,4-7H2,(H,16,17). The van der Waals surface area contributed by atoms with Crippen LogP contribution < -0.4 is 4.74 Å². The summed E-state index contributed by atoms with van der Waals surface area (Å²) in [6.07, 6.45) is 0.00668. The number of carboxylic acid groups (broad SMARTS) is 1. The van der Waals surface area contributed by atoms with Crippen molar-refractivity contribution in [3.8, 4) is 5.75 Å². The van der Waals surface area contributed by atoms with E-state index in [2.05, 4.69) is 0 Å². The van der Waals surface area contributed by atoms with Crippen LogP contribution in [0.15, 0.2) is 18.2 Å². The van der Waals surface area contributed by atoms with Gasteiger partial charge in [0, 0.05) is 25.9 Å². The number of ether oxygens (including phenoxy) is 1. The topological polar surface area (TPSA) is 49.8 Å². The summed E-state index contributed by atoms with van der Waals surface area (Å²) in [7, 11) is 0. The summed E-state index contributed by atoms with van der Waals surface area (Å²) in [6, 6.07) is 4.59. The molecule has 0 radical (unpaired) electrons. The van der Waals surface area contributed by atoms with Gasteiger partial charge in [-0.2, -0.15) is 0 Å². The molecule has 1 saturated heterocycles. The highest BCUT2D eigenvalue weighted by atomic mass is 35.5. The second-order valence-corrected chi connectivity index (χ2v) is 4.55. The minimum absolute atomic E-state index is 0.0236. The molecule has 0 atom stereocenters. The number of likely N-dealkylation sites (tertiary alicyclic amines) is 1. The van der Waals surface area contributed by atoms with E-state index in [1.807, 2.05) is 0 Å². The summed E-state index contributed by atoms with van der Waals surface area (Å²) in [4.78, 5) is 12.1. The van der Waals surface area contributed by atoms with Gasteiger partial charge in [-0.15, -0.1) is 0 Å². The van der Waals surface area contributed by atoms with Gasteiger partial charge in [0.2, 0.25) is 0 Å². The lowest BCUT2D eigenvalue weighted by Gasteiger charge is -2.30. The highest BCUT2D eigenvalue weighted by Crippen LogP contribution is 2.26. The van der Waals surface area contributed by atoms with E-state index in [0.29, 0.717) is 25.9 Å². The van der Waals surface area contributed by atoms with Gasteiger partial charge in [0.15, 0.2) is 11.6 Å². The molecule has 0 aliphatic carbocycles. The summed E-state index contributed by atoms with van der Waals surface area (Å²) in [5.74, 6) is -0.448. The molecule has 1 fully saturated rings. The molecule has 0 spiro atoms. The van der Waals surface area contributed by atoms with Crippen molar-refractivity contribution >= 4 is 17.7 Å². The molecule has 1 aliphatic heterocycles. The lowest BCUT2D eigenvalue weighted by atomic mass is 10.1. The summed E-state index contributed by atoms with van der Waals surface area (Å²) in [5.41, 5.74) is 0. The van der Waals surface area contributed by atoms with E-state index in [-0.39, 0.29) is 16.9 Å². The maximum absolute atomic E-state index is 13.6. The van der Waals surface area contributed by atoms with Crippen molar-refractivity contribution < 1.29 is 19.0 Å². The van der Waals surface area contributed by atoms with Gasteiger partial charge in [-0.1, -0.05) is 17.7 Å². The molecule has 1 aromatic rings. The van der Waals surface area contributed by atoms with E-state index in [1.54, 1.807) is 6.07 Å². The van der Waals surface area contributed by atoms with Gasteiger partial charge < -0.3 is 14.7 Å². The van der Waals surface area contributed by atoms with Gasteiger partial charge in [-0.05, 0) is 12.1 Å². The Hall–Kier alpha value is -1.49. The fourth-order valence-corrected chi connectivity index (χ4v) is 2.09. The van der Waals surface area contributed by atoms with Crippen LogP contribution >= 0.6 is 11.6 Å². The monoisotopic (exact) mass is 273 g/mol. The largest absolute Gasteiger partial charge is 0.487 e. The molecule has 1 aromatic carbocycles. The van der Waals surface area contributed by atoms with Crippen LogP contribution in [-0.4, -0.2) is 35.3 Å². The van der Waals surface area contributed by atoms with E-state index in [9.17, 15) is 9.18 Å². The average Bonchev–Trinajstić information content (AvgIpc) is 2.36. The van der Waals surface area contributed by atoms with Crippen LogP contribution in [0.1, 0.15) is 12.8 Å². The Labute approximate surface area is 109 Å². The van der Waals surface area contributed by atoms with Crippen molar-refractivity contribution in [1.29, 1.82) is 0 Å². The van der Waals surface area contributed by atoms with Crippen molar-refractivity contribution in [3.63, 3.8) is 0 Å². The fraction of sp³-hybridized carbons (Fsp3) is 0.417. The first kappa shape index (κ1) is 13.0. The van der Waals surface area contributed by atoms with Crippen molar-refractivity contribution in [1.82, 2.24) is 4.90 Å². The van der Waals surface area contributed by atoms with Crippen molar-refractivity contribution in [2.24, 2.45) is 0 Å². The molecule has 0 bridgehead atoms. The fourth-order valence-electron chi connectivity index (χ4n) is 1.92. The highest BCUT2D eigenvalue weighted by Gasteiger charge is 2.24. The van der Waals surface area contributed by atoms with Crippen LogP contribution in [0.25, 0.3) is 0 Å². The van der Waals surface area contributed by atoms with E-state index in [1.165, 1.54) is 17.0 Å². The van der Waals surface area contributed by atoms with Crippen molar-refractivity contribution in [2.45, 2.75) is 18.9 Å². The van der Waals surface area contributed by atoms with E-state index in [0.717, 1.165) is 0 Å². The van der Waals surface area contributed by atoms with Crippen LogP contribution in [0.4, 0.5) is 9.18 Å². The third-order valence-corrected chi connectivity index (χ3v) is 3.21. The third kappa shape index (κ3) is 2.85. The summed E-state index contributed by atoms with van der Waals surface area (Å²) >= 11 is 5.66. The van der Waals surface area contributed by atoms with Gasteiger partial charge >= 0.3 is 6.09 Å². The van der Waals surface area contributed by atoms with Crippen LogP contribution in [0, 0.1) is 5.82 Å². The molecule has 0 unspecified atom stereocenters. The number of piperidine rings is 1. The van der Waals surface area contributed by atoms with Gasteiger partial charge in [-0.3, -0.25) is 0 Å². The molecule has 1 N–H and O–H groups in total. The minimum atomic E-state index is -0.928. The number of benzene rings is 1. The van der Waals surface area contributed by atoms with E-state index < -0.39 is 11.9 Å². The molecular weight excluding hydrogens is 261 g/mol. The second kappa shape index (κ2) is 5.44. The molecule has 0 saturated carbocycles. The zero-order chi connectivity index (χ0) is 13.1. The van der Waals surface area contributed by atoms with Gasteiger partial charge in [0.1, 0.15) is 6.10 Å². The van der Waals surface area contributed by atoms with Gasteiger partial charge in [-0.25, -0.2) is 9.18 Å². The first-order valence-electron chi connectivity index (χ1n) is 5.66. The second-order valence-electron chi connectivity index (χ2n) is 4.14. The summed E-state index contributed by atoms with van der Waals surface area (Å²) < 4.78 is 19.1. The quantitative estimate of drug-likeness (QED) is 0.901. The Morgan fingerprint density at radius 3 is 2.72 bits per heavy atom. The number of rotatable bonds is 2. The van der Waals surface area contributed by atoms with E-state index >= 15 is 0 Å². The van der Waals surface area contributed by atoms with Crippen molar-refractivity contribution in [2.75, 3.05) is 13.1 Å². The molecule has 1 heterocycles. The smallest absolute Gasteiger partial charge is 0.407 e. The maximum atomic E-state index is 13.6. The molecule has 98 valence electrons. The number of amides is 1. The molecule has 2 rings (SSSR count). The first-order chi connectivity index (χ1) is 8.58. The van der Waals surface area contributed by atoms with Crippen LogP contribution in [-0.2, 0) is 0 Å². The Balaban J connectivity index is 1.96. The summed E-state index contributed by atoms with van der Waals surface area (Å²) in [5, 5.41) is 8.83. The summed E-state index contributed by atoms with van der Waals surface area (Å²) in [6.45, 7) is 0.810. The van der Waals surface area contributed by atoms with Gasteiger partial charge in [0.05, 0.1) is 5.02 Å². The number of carbonyl (C=O) groups is 1. The van der Waals surface area contributed by atoms with Crippen LogP contribution in [0.3, 0.4) is 0 Å². The molecule has 6 heteroatoms.